The van der Waals surface area contributed by atoms with Crippen LogP contribution in [0.25, 0.3) is 0 Å². The van der Waals surface area contributed by atoms with Crippen LogP contribution in [0.5, 0.6) is 0 Å². The van der Waals surface area contributed by atoms with E-state index in [1.54, 1.807) is 6.92 Å². The molecule has 5 heteroatoms. The second kappa shape index (κ2) is 10.4. The smallest absolute Gasteiger partial charge is 0.305 e. The highest BCUT2D eigenvalue weighted by molar-refractivity contribution is 5.80. The maximum Gasteiger partial charge on any atom is 0.305 e. The Kier molecular flexibility index (Phi) is 9.57. The summed E-state index contributed by atoms with van der Waals surface area (Å²) in [5.74, 6) is -0.314. The second-order valence-corrected chi connectivity index (χ2v) is 4.49. The molecule has 1 unspecified atom stereocenters. The summed E-state index contributed by atoms with van der Waals surface area (Å²) >= 11 is 0. The van der Waals surface area contributed by atoms with Gasteiger partial charge in [0.2, 0.25) is 0 Å². The number of rotatable bonds is 11. The lowest BCUT2D eigenvalue weighted by Crippen LogP contribution is -2.20. The van der Waals surface area contributed by atoms with Crippen LogP contribution in [0.4, 0.5) is 0 Å². The largest absolute Gasteiger partial charge is 0.462 e. The number of Topliss-reactive ketones (excluding diaryl/α,β-unsaturated/α-hetero) is 2. The number of aldehydes is 1. The first-order valence-electron chi connectivity index (χ1n) is 6.63. The topological polar surface area (TPSA) is 77.5 Å². The molecular formula is C14H22O5. The molecule has 0 fully saturated rings. The third-order valence-electron chi connectivity index (χ3n) is 2.69. The van der Waals surface area contributed by atoms with Crippen LogP contribution >= 0.6 is 0 Å². The summed E-state index contributed by atoms with van der Waals surface area (Å²) in [5.41, 5.74) is 0. The zero-order valence-electron chi connectivity index (χ0n) is 11.6. The van der Waals surface area contributed by atoms with Crippen molar-refractivity contribution in [2.75, 3.05) is 0 Å². The van der Waals surface area contributed by atoms with E-state index in [1.807, 2.05) is 0 Å². The van der Waals surface area contributed by atoms with Gasteiger partial charge in [0, 0.05) is 32.1 Å². The Labute approximate surface area is 113 Å². The molecule has 0 saturated heterocycles. The molecule has 1 atom stereocenters. The van der Waals surface area contributed by atoms with Gasteiger partial charge in [0.25, 0.3) is 0 Å². The molecule has 0 saturated carbocycles. The van der Waals surface area contributed by atoms with Crippen LogP contribution in [-0.4, -0.2) is 29.9 Å². The van der Waals surface area contributed by atoms with E-state index in [4.69, 9.17) is 4.74 Å². The maximum absolute atomic E-state index is 11.4. The Bertz CT molecular complexity index is 322. The number of carbonyl (C=O) groups is 4. The Morgan fingerprint density at radius 2 is 1.74 bits per heavy atom. The third-order valence-corrected chi connectivity index (χ3v) is 2.69. The van der Waals surface area contributed by atoms with E-state index in [0.29, 0.717) is 25.5 Å². The average Bonchev–Trinajstić information content (AvgIpc) is 2.38. The fourth-order valence-corrected chi connectivity index (χ4v) is 1.56. The molecule has 108 valence electrons. The van der Waals surface area contributed by atoms with Crippen molar-refractivity contribution in [1.82, 2.24) is 0 Å². The Morgan fingerprint density at radius 1 is 1.11 bits per heavy atom. The highest BCUT2D eigenvalue weighted by atomic mass is 16.5. The minimum Gasteiger partial charge on any atom is -0.462 e. The molecule has 0 aliphatic carbocycles. The molecule has 0 aromatic rings. The van der Waals surface area contributed by atoms with Crippen molar-refractivity contribution >= 4 is 23.8 Å². The standard InChI is InChI=1S/C14H22O5/c1-3-14(18)19-13(8-6-11(2)16)9-7-12(17)5-4-10-15/h10,13H,3-9H2,1-2H3. The summed E-state index contributed by atoms with van der Waals surface area (Å²) in [7, 11) is 0. The monoisotopic (exact) mass is 270 g/mol. The summed E-state index contributed by atoms with van der Waals surface area (Å²) in [6.45, 7) is 3.17. The van der Waals surface area contributed by atoms with E-state index in [-0.39, 0.29) is 43.2 Å². The van der Waals surface area contributed by atoms with Gasteiger partial charge in [-0.2, -0.15) is 0 Å². The van der Waals surface area contributed by atoms with Gasteiger partial charge in [-0.25, -0.2) is 0 Å². The van der Waals surface area contributed by atoms with Crippen LogP contribution in [0.3, 0.4) is 0 Å². The van der Waals surface area contributed by atoms with Crippen molar-refractivity contribution in [3.05, 3.63) is 0 Å². The average molecular weight is 270 g/mol. The summed E-state index contributed by atoms with van der Waals surface area (Å²) < 4.78 is 5.19. The van der Waals surface area contributed by atoms with E-state index < -0.39 is 6.10 Å². The molecule has 0 radical (unpaired) electrons. The van der Waals surface area contributed by atoms with Crippen LogP contribution in [0.2, 0.25) is 0 Å². The molecule has 0 heterocycles. The number of ketones is 2. The number of hydrogen-bond donors (Lipinski definition) is 0. The van der Waals surface area contributed by atoms with E-state index in [9.17, 15) is 19.2 Å². The van der Waals surface area contributed by atoms with Crippen molar-refractivity contribution in [3.63, 3.8) is 0 Å². The molecule has 5 nitrogen and oxygen atoms in total. The first-order valence-corrected chi connectivity index (χ1v) is 6.63. The predicted molar refractivity (Wildman–Crippen MR) is 69.6 cm³/mol. The normalized spacial score (nSPS) is 11.7. The van der Waals surface area contributed by atoms with E-state index >= 15 is 0 Å². The van der Waals surface area contributed by atoms with E-state index in [0.717, 1.165) is 0 Å². The summed E-state index contributed by atoms with van der Waals surface area (Å²) in [4.78, 5) is 43.8. The van der Waals surface area contributed by atoms with Gasteiger partial charge in [-0.15, -0.1) is 0 Å². The van der Waals surface area contributed by atoms with Crippen molar-refractivity contribution in [2.45, 2.75) is 64.9 Å². The van der Waals surface area contributed by atoms with Gasteiger partial charge in [-0.3, -0.25) is 9.59 Å². The summed E-state index contributed by atoms with van der Waals surface area (Å²) in [6, 6.07) is 0. The van der Waals surface area contributed by atoms with Gasteiger partial charge in [0.1, 0.15) is 24.0 Å². The van der Waals surface area contributed by atoms with Crippen LogP contribution in [0, 0.1) is 0 Å². The van der Waals surface area contributed by atoms with Crippen molar-refractivity contribution < 1.29 is 23.9 Å². The lowest BCUT2D eigenvalue weighted by molar-refractivity contribution is -0.150. The van der Waals surface area contributed by atoms with E-state index in [2.05, 4.69) is 0 Å². The maximum atomic E-state index is 11.4. The molecule has 0 aliphatic rings. The second-order valence-electron chi connectivity index (χ2n) is 4.49. The summed E-state index contributed by atoms with van der Waals surface area (Å²) in [5, 5.41) is 0. The predicted octanol–water partition coefficient (Wildman–Crippen LogP) is 2.01. The SMILES string of the molecule is CCC(=O)OC(CCC(C)=O)CCC(=O)CCC=O. The van der Waals surface area contributed by atoms with Gasteiger partial charge in [-0.05, 0) is 19.8 Å². The number of carbonyl (C=O) groups excluding carboxylic acids is 4. The highest BCUT2D eigenvalue weighted by Gasteiger charge is 2.16. The number of hydrogen-bond acceptors (Lipinski definition) is 5. The quantitative estimate of drug-likeness (QED) is 0.424. The lowest BCUT2D eigenvalue weighted by atomic mass is 10.0. The van der Waals surface area contributed by atoms with Gasteiger partial charge < -0.3 is 14.3 Å². The molecule has 0 aromatic carbocycles. The van der Waals surface area contributed by atoms with Crippen molar-refractivity contribution in [3.8, 4) is 0 Å². The number of esters is 1. The molecule has 0 spiro atoms. The zero-order chi connectivity index (χ0) is 14.7. The minimum absolute atomic E-state index is 0.0209. The molecular weight excluding hydrogens is 248 g/mol. The Morgan fingerprint density at radius 3 is 2.26 bits per heavy atom. The first kappa shape index (κ1) is 17.5. The van der Waals surface area contributed by atoms with Crippen LogP contribution in [0.1, 0.15) is 58.8 Å². The van der Waals surface area contributed by atoms with Gasteiger partial charge >= 0.3 is 5.97 Å². The highest BCUT2D eigenvalue weighted by Crippen LogP contribution is 2.12. The third kappa shape index (κ3) is 10.1. The van der Waals surface area contributed by atoms with Crippen LogP contribution < -0.4 is 0 Å². The van der Waals surface area contributed by atoms with Gasteiger partial charge in [-0.1, -0.05) is 6.92 Å². The summed E-state index contributed by atoms with van der Waals surface area (Å²) in [6.07, 6.45) is 2.52. The molecule has 0 N–H and O–H groups in total. The molecule has 0 bridgehead atoms. The van der Waals surface area contributed by atoms with Crippen molar-refractivity contribution in [2.24, 2.45) is 0 Å². The van der Waals surface area contributed by atoms with Gasteiger partial charge in [0.15, 0.2) is 0 Å². The van der Waals surface area contributed by atoms with Crippen LogP contribution in [-0.2, 0) is 23.9 Å². The van der Waals surface area contributed by atoms with Crippen molar-refractivity contribution in [1.29, 1.82) is 0 Å². The molecule has 0 aliphatic heterocycles. The lowest BCUT2D eigenvalue weighted by Gasteiger charge is -2.16. The molecule has 0 amide bonds. The molecule has 0 aromatic heterocycles. The Balaban J connectivity index is 4.16. The first-order chi connectivity index (χ1) is 8.99. The minimum atomic E-state index is -0.392. The van der Waals surface area contributed by atoms with Gasteiger partial charge in [0.05, 0.1) is 0 Å². The molecule has 19 heavy (non-hydrogen) atoms. The number of ether oxygens (including phenoxy) is 1. The zero-order valence-corrected chi connectivity index (χ0v) is 11.6. The Hall–Kier alpha value is -1.52. The fourth-order valence-electron chi connectivity index (χ4n) is 1.56. The van der Waals surface area contributed by atoms with Crippen LogP contribution in [0.15, 0.2) is 0 Å². The van der Waals surface area contributed by atoms with E-state index in [1.165, 1.54) is 6.92 Å². The molecule has 0 rings (SSSR count). The fraction of sp³-hybridized carbons (Fsp3) is 0.714.